The summed E-state index contributed by atoms with van der Waals surface area (Å²) in [7, 11) is 0. The van der Waals surface area contributed by atoms with Gasteiger partial charge in [-0.15, -0.1) is 0 Å². The average molecular weight is 290 g/mol. The molecule has 2 rings (SSSR count). The molecule has 2 aromatic rings. The summed E-state index contributed by atoms with van der Waals surface area (Å²) in [5.41, 5.74) is 1.50. The maximum atomic E-state index is 12.0. The molecule has 0 heterocycles. The summed E-state index contributed by atoms with van der Waals surface area (Å²) in [5, 5.41) is 3.65. The Morgan fingerprint density at radius 2 is 1.68 bits per heavy atom. The van der Waals surface area contributed by atoms with Crippen molar-refractivity contribution in [3.8, 4) is 0 Å². The molecule has 0 amide bonds. The van der Waals surface area contributed by atoms with Crippen LogP contribution in [0.4, 0.5) is 5.69 Å². The second-order valence-corrected chi connectivity index (χ2v) is 4.95. The quantitative estimate of drug-likeness (QED) is 0.670. The third-order valence-corrected chi connectivity index (χ3v) is 3.04. The highest BCUT2D eigenvalue weighted by Gasteiger charge is 2.09. The summed E-state index contributed by atoms with van der Waals surface area (Å²) >= 11 is 11.0. The van der Waals surface area contributed by atoms with Gasteiger partial charge in [-0.1, -0.05) is 42.0 Å². The third-order valence-electron chi connectivity index (χ3n) is 2.54. The van der Waals surface area contributed by atoms with Crippen LogP contribution in [0, 0.1) is 0 Å². The number of para-hydroxylation sites is 1. The number of ketones is 1. The monoisotopic (exact) mass is 289 g/mol. The Morgan fingerprint density at radius 3 is 2.32 bits per heavy atom. The van der Waals surface area contributed by atoms with Gasteiger partial charge in [-0.3, -0.25) is 4.79 Å². The summed E-state index contributed by atoms with van der Waals surface area (Å²) < 4.78 is 0. The number of rotatable bonds is 4. The highest BCUT2D eigenvalue weighted by molar-refractivity contribution is 7.80. The lowest BCUT2D eigenvalue weighted by molar-refractivity contribution is 0.100. The molecule has 0 bridgehead atoms. The van der Waals surface area contributed by atoms with Gasteiger partial charge in [0.05, 0.1) is 11.4 Å². The zero-order valence-electron chi connectivity index (χ0n) is 10.1. The Hall–Kier alpha value is -1.71. The maximum absolute atomic E-state index is 12.0. The van der Waals surface area contributed by atoms with Gasteiger partial charge in [0.2, 0.25) is 0 Å². The standard InChI is InChI=1S/C15H12ClNOS/c16-12-8-6-11(7-9-12)14(18)10-15(19)17-13-4-2-1-3-5-13/h1-9H,10H2,(H,17,19). The number of anilines is 1. The summed E-state index contributed by atoms with van der Waals surface area (Å²) in [6.07, 6.45) is 0.186. The normalized spacial score (nSPS) is 9.95. The van der Waals surface area contributed by atoms with Crippen molar-refractivity contribution in [2.45, 2.75) is 6.42 Å². The fourth-order valence-electron chi connectivity index (χ4n) is 1.61. The van der Waals surface area contributed by atoms with Crippen LogP contribution in [0.5, 0.6) is 0 Å². The lowest BCUT2D eigenvalue weighted by Crippen LogP contribution is -2.14. The van der Waals surface area contributed by atoms with Crippen LogP contribution in [-0.2, 0) is 0 Å². The summed E-state index contributed by atoms with van der Waals surface area (Å²) in [4.78, 5) is 12.5. The Morgan fingerprint density at radius 1 is 1.05 bits per heavy atom. The third kappa shape index (κ3) is 4.16. The number of benzene rings is 2. The van der Waals surface area contributed by atoms with Gasteiger partial charge >= 0.3 is 0 Å². The zero-order valence-corrected chi connectivity index (χ0v) is 11.7. The number of thiocarbonyl (C=S) groups is 1. The van der Waals surface area contributed by atoms with Crippen molar-refractivity contribution >= 4 is 40.3 Å². The van der Waals surface area contributed by atoms with E-state index in [0.717, 1.165) is 5.69 Å². The highest BCUT2D eigenvalue weighted by Crippen LogP contribution is 2.12. The molecule has 0 aliphatic heterocycles. The Balaban J connectivity index is 1.95. The number of halogens is 1. The van der Waals surface area contributed by atoms with Gasteiger partial charge in [-0.05, 0) is 36.4 Å². The molecule has 19 heavy (non-hydrogen) atoms. The van der Waals surface area contributed by atoms with E-state index in [1.54, 1.807) is 24.3 Å². The number of hydrogen-bond donors (Lipinski definition) is 1. The lowest BCUT2D eigenvalue weighted by Gasteiger charge is -2.07. The Kier molecular flexibility index (Phi) is 4.66. The molecule has 0 spiro atoms. The van der Waals surface area contributed by atoms with Crippen LogP contribution >= 0.6 is 23.8 Å². The molecule has 4 heteroatoms. The first-order chi connectivity index (χ1) is 9.15. The van der Waals surface area contributed by atoms with Crippen LogP contribution in [0.3, 0.4) is 0 Å². The van der Waals surface area contributed by atoms with Crippen LogP contribution in [0.25, 0.3) is 0 Å². The zero-order chi connectivity index (χ0) is 13.7. The molecular weight excluding hydrogens is 278 g/mol. The van der Waals surface area contributed by atoms with Gasteiger partial charge in [0.1, 0.15) is 0 Å². The SMILES string of the molecule is O=C(CC(=S)Nc1ccccc1)c1ccc(Cl)cc1. The van der Waals surface area contributed by atoms with E-state index in [4.69, 9.17) is 23.8 Å². The van der Waals surface area contributed by atoms with Crippen molar-refractivity contribution in [1.82, 2.24) is 0 Å². The minimum atomic E-state index is -0.0231. The molecule has 0 atom stereocenters. The fourth-order valence-corrected chi connectivity index (χ4v) is 1.99. The number of Topliss-reactive ketones (excluding diaryl/α,β-unsaturated/α-hetero) is 1. The number of hydrogen-bond acceptors (Lipinski definition) is 2. The molecule has 0 aliphatic carbocycles. The minimum absolute atomic E-state index is 0.0231. The second kappa shape index (κ2) is 6.45. The van der Waals surface area contributed by atoms with Crippen LogP contribution in [0.15, 0.2) is 54.6 Å². The van der Waals surface area contributed by atoms with Gasteiger partial charge in [0.15, 0.2) is 5.78 Å². The predicted molar refractivity (Wildman–Crippen MR) is 83.1 cm³/mol. The maximum Gasteiger partial charge on any atom is 0.169 e. The molecular formula is C15H12ClNOS. The Labute approximate surface area is 122 Å². The van der Waals surface area contributed by atoms with Crippen LogP contribution in [-0.4, -0.2) is 10.8 Å². The molecule has 2 nitrogen and oxygen atoms in total. The fraction of sp³-hybridized carbons (Fsp3) is 0.0667. The minimum Gasteiger partial charge on any atom is -0.350 e. The highest BCUT2D eigenvalue weighted by atomic mass is 35.5. The van der Waals surface area contributed by atoms with Crippen molar-refractivity contribution in [3.63, 3.8) is 0 Å². The number of carbonyl (C=O) groups excluding carboxylic acids is 1. The average Bonchev–Trinajstić information content (AvgIpc) is 2.40. The molecule has 0 saturated heterocycles. The first-order valence-corrected chi connectivity index (χ1v) is 6.57. The van der Waals surface area contributed by atoms with Crippen LogP contribution in [0.1, 0.15) is 16.8 Å². The van der Waals surface area contributed by atoms with Gasteiger partial charge in [-0.2, -0.15) is 0 Å². The van der Waals surface area contributed by atoms with E-state index in [2.05, 4.69) is 5.32 Å². The van der Waals surface area contributed by atoms with Crippen molar-refractivity contribution in [1.29, 1.82) is 0 Å². The first kappa shape index (κ1) is 13.7. The number of nitrogens with one attached hydrogen (secondary N) is 1. The van der Waals surface area contributed by atoms with E-state index in [1.165, 1.54) is 0 Å². The van der Waals surface area contributed by atoms with E-state index in [1.807, 2.05) is 30.3 Å². The second-order valence-electron chi connectivity index (χ2n) is 4.02. The molecule has 0 radical (unpaired) electrons. The molecule has 2 aromatic carbocycles. The predicted octanol–water partition coefficient (Wildman–Crippen LogP) is 4.35. The molecule has 0 aromatic heterocycles. The number of carbonyl (C=O) groups is 1. The van der Waals surface area contributed by atoms with Crippen LogP contribution < -0.4 is 5.32 Å². The summed E-state index contributed by atoms with van der Waals surface area (Å²) in [5.74, 6) is -0.0231. The van der Waals surface area contributed by atoms with E-state index in [9.17, 15) is 4.79 Å². The molecule has 0 aliphatic rings. The van der Waals surface area contributed by atoms with Crippen molar-refractivity contribution in [2.24, 2.45) is 0 Å². The Bertz CT molecular complexity index is 581. The molecule has 0 unspecified atom stereocenters. The van der Waals surface area contributed by atoms with Crippen molar-refractivity contribution in [3.05, 3.63) is 65.2 Å². The van der Waals surface area contributed by atoms with E-state index >= 15 is 0 Å². The van der Waals surface area contributed by atoms with E-state index in [0.29, 0.717) is 15.6 Å². The van der Waals surface area contributed by atoms with E-state index in [-0.39, 0.29) is 12.2 Å². The smallest absolute Gasteiger partial charge is 0.169 e. The first-order valence-electron chi connectivity index (χ1n) is 5.79. The molecule has 0 fully saturated rings. The van der Waals surface area contributed by atoms with Gasteiger partial charge in [0, 0.05) is 16.3 Å². The largest absolute Gasteiger partial charge is 0.350 e. The summed E-state index contributed by atoms with van der Waals surface area (Å²) in [6, 6.07) is 16.3. The molecule has 96 valence electrons. The van der Waals surface area contributed by atoms with Gasteiger partial charge < -0.3 is 5.32 Å². The van der Waals surface area contributed by atoms with Crippen LogP contribution in [0.2, 0.25) is 5.02 Å². The van der Waals surface area contributed by atoms with Crippen molar-refractivity contribution in [2.75, 3.05) is 5.32 Å². The van der Waals surface area contributed by atoms with Crippen molar-refractivity contribution < 1.29 is 4.79 Å². The molecule has 0 saturated carbocycles. The molecule has 1 N–H and O–H groups in total. The van der Waals surface area contributed by atoms with Gasteiger partial charge in [-0.25, -0.2) is 0 Å². The van der Waals surface area contributed by atoms with Gasteiger partial charge in [0.25, 0.3) is 0 Å². The van der Waals surface area contributed by atoms with E-state index < -0.39 is 0 Å². The summed E-state index contributed by atoms with van der Waals surface area (Å²) in [6.45, 7) is 0. The lowest BCUT2D eigenvalue weighted by atomic mass is 10.1. The topological polar surface area (TPSA) is 29.1 Å².